The van der Waals surface area contributed by atoms with E-state index in [2.05, 4.69) is 6.58 Å². The van der Waals surface area contributed by atoms with Crippen LogP contribution in [0.3, 0.4) is 0 Å². The minimum Gasteiger partial charge on any atom is -0.504 e. The molecule has 2 fully saturated rings. The Hall–Kier alpha value is -3.66. The Bertz CT molecular complexity index is 1390. The number of phenolic OH excluding ortho intramolecular Hbond substituents is 2. The highest BCUT2D eigenvalue weighted by Gasteiger charge is 2.53. The predicted molar refractivity (Wildman–Crippen MR) is 159 cm³/mol. The zero-order valence-corrected chi connectivity index (χ0v) is 25.8. The van der Waals surface area contributed by atoms with Crippen LogP contribution in [0.4, 0.5) is 0 Å². The van der Waals surface area contributed by atoms with E-state index in [0.29, 0.717) is 5.56 Å². The molecule has 13 atom stereocenters. The molecule has 1 aliphatic carbocycles. The maximum Gasteiger partial charge on any atom is 0.337 e. The number of hydrogen-bond acceptors (Lipinski definition) is 18. The third kappa shape index (κ3) is 8.56. The highest BCUT2D eigenvalue weighted by molar-refractivity contribution is 5.90. The first-order chi connectivity index (χ1) is 23.2. The zero-order valence-electron chi connectivity index (χ0n) is 25.8. The van der Waals surface area contributed by atoms with Crippen LogP contribution in [0.5, 0.6) is 11.5 Å². The van der Waals surface area contributed by atoms with Crippen molar-refractivity contribution in [3.05, 3.63) is 53.8 Å². The first-order valence-electron chi connectivity index (χ1n) is 15.1. The van der Waals surface area contributed by atoms with Crippen LogP contribution in [0.2, 0.25) is 0 Å². The van der Waals surface area contributed by atoms with Crippen LogP contribution in [0.1, 0.15) is 12.0 Å². The van der Waals surface area contributed by atoms with Crippen molar-refractivity contribution in [1.82, 2.24) is 0 Å². The zero-order chi connectivity index (χ0) is 36.2. The van der Waals surface area contributed by atoms with Crippen molar-refractivity contribution in [2.75, 3.05) is 19.8 Å². The van der Waals surface area contributed by atoms with Crippen molar-refractivity contribution in [2.45, 2.75) is 73.9 Å². The molecule has 18 nitrogen and oxygen atoms in total. The number of carbonyl (C=O) groups excluding carboxylic acids is 2. The van der Waals surface area contributed by atoms with Gasteiger partial charge in [0.05, 0.1) is 31.0 Å². The van der Waals surface area contributed by atoms with E-state index in [1.807, 2.05) is 0 Å². The summed E-state index contributed by atoms with van der Waals surface area (Å²) < 4.78 is 27.5. The molecular formula is C31H40O18. The minimum absolute atomic E-state index is 0.0888. The maximum atomic E-state index is 13.2. The quantitative estimate of drug-likeness (QED) is 0.0408. The topological polar surface area (TPSA) is 303 Å². The van der Waals surface area contributed by atoms with Gasteiger partial charge in [-0.25, -0.2) is 9.59 Å². The summed E-state index contributed by atoms with van der Waals surface area (Å²) >= 11 is 0. The van der Waals surface area contributed by atoms with Gasteiger partial charge in [0.2, 0.25) is 6.29 Å². The largest absolute Gasteiger partial charge is 0.504 e. The molecule has 1 aromatic rings. The molecule has 0 aromatic heterocycles. The van der Waals surface area contributed by atoms with E-state index in [4.69, 9.17) is 28.8 Å². The fourth-order valence-electron chi connectivity index (χ4n) is 5.65. The van der Waals surface area contributed by atoms with Crippen LogP contribution in [0, 0.1) is 11.8 Å². The first-order valence-corrected chi connectivity index (χ1v) is 15.1. The van der Waals surface area contributed by atoms with Gasteiger partial charge in [0, 0.05) is 12.0 Å². The van der Waals surface area contributed by atoms with E-state index < -0.39 is 117 Å². The second-order valence-corrected chi connectivity index (χ2v) is 11.8. The summed E-state index contributed by atoms with van der Waals surface area (Å²) in [7, 11) is 0. The number of rotatable bonds is 13. The number of esters is 2. The van der Waals surface area contributed by atoms with E-state index in [1.165, 1.54) is 24.3 Å². The summed E-state index contributed by atoms with van der Waals surface area (Å²) in [5.41, 5.74) is 0.371. The summed E-state index contributed by atoms with van der Waals surface area (Å²) in [5, 5.41) is 108. The Kier molecular flexibility index (Phi) is 12.7. The van der Waals surface area contributed by atoms with Gasteiger partial charge < -0.3 is 79.9 Å². The van der Waals surface area contributed by atoms with Gasteiger partial charge in [0.1, 0.15) is 61.5 Å². The number of aliphatic hydroxyl groups excluding tert-OH is 9. The lowest BCUT2D eigenvalue weighted by Gasteiger charge is -2.42. The Morgan fingerprint density at radius 1 is 0.959 bits per heavy atom. The molecule has 11 N–H and O–H groups in total. The third-order valence-corrected chi connectivity index (χ3v) is 8.50. The summed E-state index contributed by atoms with van der Waals surface area (Å²) in [5.74, 6) is -4.63. The van der Waals surface area contributed by atoms with Crippen LogP contribution in [-0.2, 0) is 33.3 Å². The van der Waals surface area contributed by atoms with Crippen LogP contribution in [-0.4, -0.2) is 155 Å². The molecule has 2 aliphatic heterocycles. The molecule has 0 amide bonds. The van der Waals surface area contributed by atoms with Gasteiger partial charge in [-0.15, -0.1) is 0 Å². The van der Waals surface area contributed by atoms with Crippen LogP contribution >= 0.6 is 0 Å². The molecule has 4 rings (SSSR count). The number of aliphatic hydroxyl groups is 9. The molecule has 1 saturated carbocycles. The highest BCUT2D eigenvalue weighted by atomic mass is 16.8. The monoisotopic (exact) mass is 700 g/mol. The molecule has 2 heterocycles. The molecule has 1 saturated heterocycles. The van der Waals surface area contributed by atoms with E-state index in [-0.39, 0.29) is 23.3 Å². The SMILES string of the molecule is C=C1C(OC(=O)C=Cc2ccc(O)c(O)c2)CC2C(C(=O)OCC(O)C(O)C(O)C(O)CO)=COC(OC3OC(CO)C(O)C(O)C3O)C12. The number of aromatic hydroxyl groups is 2. The summed E-state index contributed by atoms with van der Waals surface area (Å²) in [6, 6.07) is 3.84. The molecule has 18 heteroatoms. The first kappa shape index (κ1) is 38.1. The number of ether oxygens (including phenoxy) is 5. The number of fused-ring (bicyclic) bond motifs is 1. The Morgan fingerprint density at radius 3 is 2.31 bits per heavy atom. The van der Waals surface area contributed by atoms with E-state index in [9.17, 15) is 60.7 Å². The number of benzene rings is 1. The molecule has 0 spiro atoms. The van der Waals surface area contributed by atoms with Gasteiger partial charge in [0.25, 0.3) is 0 Å². The fraction of sp³-hybridized carbons (Fsp3) is 0.548. The second-order valence-electron chi connectivity index (χ2n) is 11.8. The van der Waals surface area contributed by atoms with E-state index in [1.54, 1.807) is 0 Å². The van der Waals surface area contributed by atoms with Gasteiger partial charge in [-0.05, 0) is 35.8 Å². The van der Waals surface area contributed by atoms with Gasteiger partial charge in [-0.1, -0.05) is 12.6 Å². The molecule has 3 aliphatic rings. The van der Waals surface area contributed by atoms with Crippen molar-refractivity contribution < 1.29 is 89.4 Å². The predicted octanol–water partition coefficient (Wildman–Crippen LogP) is -3.75. The van der Waals surface area contributed by atoms with Crippen LogP contribution in [0.25, 0.3) is 6.08 Å². The highest BCUT2D eigenvalue weighted by Crippen LogP contribution is 2.48. The Balaban J connectivity index is 1.52. The molecule has 0 radical (unpaired) electrons. The average molecular weight is 701 g/mol. The summed E-state index contributed by atoms with van der Waals surface area (Å²) in [4.78, 5) is 26.0. The summed E-state index contributed by atoms with van der Waals surface area (Å²) in [6.45, 7) is 1.46. The Morgan fingerprint density at radius 2 is 1.65 bits per heavy atom. The lowest BCUT2D eigenvalue weighted by molar-refractivity contribution is -0.339. The molecule has 0 bridgehead atoms. The van der Waals surface area contributed by atoms with E-state index >= 15 is 0 Å². The van der Waals surface area contributed by atoms with Crippen LogP contribution < -0.4 is 0 Å². The van der Waals surface area contributed by atoms with E-state index in [0.717, 1.165) is 12.3 Å². The number of phenols is 2. The molecule has 272 valence electrons. The molecule has 1 aromatic carbocycles. The van der Waals surface area contributed by atoms with Crippen molar-refractivity contribution in [2.24, 2.45) is 11.8 Å². The van der Waals surface area contributed by atoms with Crippen molar-refractivity contribution in [3.63, 3.8) is 0 Å². The lowest BCUT2D eigenvalue weighted by Crippen LogP contribution is -2.60. The summed E-state index contributed by atoms with van der Waals surface area (Å²) in [6.07, 6.45) is -15.2. The van der Waals surface area contributed by atoms with Crippen molar-refractivity contribution >= 4 is 18.0 Å². The fourth-order valence-corrected chi connectivity index (χ4v) is 5.65. The smallest absolute Gasteiger partial charge is 0.337 e. The average Bonchev–Trinajstić information content (AvgIpc) is 3.41. The second kappa shape index (κ2) is 16.4. The lowest BCUT2D eigenvalue weighted by atomic mass is 9.85. The number of carbonyl (C=O) groups is 2. The molecular weight excluding hydrogens is 660 g/mol. The van der Waals surface area contributed by atoms with Crippen molar-refractivity contribution in [1.29, 1.82) is 0 Å². The molecule has 13 unspecified atom stereocenters. The van der Waals surface area contributed by atoms with Gasteiger partial charge in [-0.2, -0.15) is 0 Å². The third-order valence-electron chi connectivity index (χ3n) is 8.50. The van der Waals surface area contributed by atoms with Crippen molar-refractivity contribution in [3.8, 4) is 11.5 Å². The number of hydrogen-bond donors (Lipinski definition) is 11. The normalized spacial score (nSPS) is 32.4. The van der Waals surface area contributed by atoms with Gasteiger partial charge in [-0.3, -0.25) is 0 Å². The van der Waals surface area contributed by atoms with Gasteiger partial charge >= 0.3 is 11.9 Å². The standard InChI is InChI=1S/C31H40O18/c1-12-20(47-22(38)5-3-13-2-4-16(34)17(35)6-13)7-14-15(29(44)45-11-19(37)25(40)24(39)18(36)8-32)10-46-30(23(12)14)49-31-28(43)27(42)26(41)21(9-33)48-31/h2-6,10,14,18-21,23-28,30-37,39-43H,1,7-9,11H2. The van der Waals surface area contributed by atoms with Crippen LogP contribution in [0.15, 0.2) is 48.3 Å². The molecule has 49 heavy (non-hydrogen) atoms. The Labute approximate surface area is 278 Å². The minimum atomic E-state index is -2.01. The van der Waals surface area contributed by atoms with Gasteiger partial charge in [0.15, 0.2) is 17.8 Å². The maximum absolute atomic E-state index is 13.2.